The van der Waals surface area contributed by atoms with Gasteiger partial charge in [0, 0.05) is 0 Å². The Morgan fingerprint density at radius 1 is 1.62 bits per heavy atom. The Balaban J connectivity index is 2.36. The highest BCUT2D eigenvalue weighted by Gasteiger charge is 2.40. The summed E-state index contributed by atoms with van der Waals surface area (Å²) >= 11 is 0. The highest BCUT2D eigenvalue weighted by atomic mass is 19.1. The van der Waals surface area contributed by atoms with Crippen molar-refractivity contribution in [1.82, 2.24) is 0 Å². The first-order valence-corrected chi connectivity index (χ1v) is 4.85. The molecule has 1 heterocycles. The Morgan fingerprint density at radius 3 is 3.06 bits per heavy atom. The largest absolute Gasteiger partial charge is 0.488 e. The van der Waals surface area contributed by atoms with Crippen LogP contribution in [0.15, 0.2) is 18.2 Å². The Bertz CT molecular complexity index is 435. The molecule has 0 fully saturated rings. The smallest absolute Gasteiger partial charge is 0.334 e. The van der Waals surface area contributed by atoms with Gasteiger partial charge >= 0.3 is 5.97 Å². The highest BCUT2D eigenvalue weighted by Crippen LogP contribution is 2.34. The second-order valence-corrected chi connectivity index (χ2v) is 3.85. The number of ether oxygens (including phenoxy) is 2. The van der Waals surface area contributed by atoms with Crippen molar-refractivity contribution in [2.24, 2.45) is 0 Å². The molecule has 5 heteroatoms. The molecule has 0 saturated carbocycles. The monoisotopic (exact) mass is 225 g/mol. The van der Waals surface area contributed by atoms with Crippen LogP contribution < -0.4 is 10.1 Å². The normalized spacial score (nSPS) is 22.7. The van der Waals surface area contributed by atoms with E-state index in [0.29, 0.717) is 5.75 Å². The number of carbonyl (C=O) groups excluding carboxylic acids is 1. The fourth-order valence-electron chi connectivity index (χ4n) is 1.62. The molecule has 1 aromatic carbocycles. The lowest BCUT2D eigenvalue weighted by Crippen LogP contribution is -2.51. The summed E-state index contributed by atoms with van der Waals surface area (Å²) in [4.78, 5) is 11.5. The Labute approximate surface area is 92.4 Å². The van der Waals surface area contributed by atoms with Crippen LogP contribution in [-0.2, 0) is 9.53 Å². The van der Waals surface area contributed by atoms with Gasteiger partial charge in [0.25, 0.3) is 0 Å². The van der Waals surface area contributed by atoms with E-state index in [9.17, 15) is 9.18 Å². The standard InChI is InChI=1S/C11H12FNO3/c1-11(10(14)15-2)6-16-8-5-3-4-7(12)9(8)13-11/h3-5,13H,6H2,1-2H3. The van der Waals surface area contributed by atoms with E-state index in [4.69, 9.17) is 4.74 Å². The van der Waals surface area contributed by atoms with E-state index in [-0.39, 0.29) is 12.3 Å². The molecule has 1 aliphatic rings. The number of carbonyl (C=O) groups is 1. The van der Waals surface area contributed by atoms with Crippen molar-refractivity contribution < 1.29 is 18.7 Å². The third kappa shape index (κ3) is 1.58. The van der Waals surface area contributed by atoms with Crippen LogP contribution in [0, 0.1) is 5.82 Å². The highest BCUT2D eigenvalue weighted by molar-refractivity contribution is 5.86. The molecule has 0 saturated heterocycles. The minimum atomic E-state index is -1.05. The van der Waals surface area contributed by atoms with Gasteiger partial charge in [0.1, 0.15) is 23.9 Å². The van der Waals surface area contributed by atoms with Gasteiger partial charge in [0.05, 0.1) is 7.11 Å². The van der Waals surface area contributed by atoms with Gasteiger partial charge in [-0.05, 0) is 19.1 Å². The van der Waals surface area contributed by atoms with Gasteiger partial charge in [-0.1, -0.05) is 6.07 Å². The summed E-state index contributed by atoms with van der Waals surface area (Å²) < 4.78 is 23.5. The summed E-state index contributed by atoms with van der Waals surface area (Å²) in [5, 5.41) is 2.82. The summed E-state index contributed by atoms with van der Waals surface area (Å²) in [7, 11) is 1.28. The van der Waals surface area contributed by atoms with Crippen LogP contribution in [-0.4, -0.2) is 25.2 Å². The van der Waals surface area contributed by atoms with Gasteiger partial charge < -0.3 is 14.8 Å². The molecule has 0 aromatic heterocycles. The maximum atomic E-state index is 13.5. The van der Waals surface area contributed by atoms with E-state index in [0.717, 1.165) is 0 Å². The van der Waals surface area contributed by atoms with Crippen LogP contribution in [0.3, 0.4) is 0 Å². The zero-order chi connectivity index (χ0) is 11.8. The molecule has 1 N–H and O–H groups in total. The molecule has 2 rings (SSSR count). The van der Waals surface area contributed by atoms with E-state index >= 15 is 0 Å². The number of para-hydroxylation sites is 1. The molecule has 0 spiro atoms. The number of rotatable bonds is 1. The molecule has 0 bridgehead atoms. The van der Waals surface area contributed by atoms with E-state index in [1.165, 1.54) is 13.2 Å². The first-order valence-electron chi connectivity index (χ1n) is 4.85. The number of nitrogens with one attached hydrogen (secondary N) is 1. The lowest BCUT2D eigenvalue weighted by molar-refractivity contribution is -0.146. The van der Waals surface area contributed by atoms with Crippen LogP contribution in [0.5, 0.6) is 5.75 Å². The molecule has 4 nitrogen and oxygen atoms in total. The van der Waals surface area contributed by atoms with Crippen LogP contribution in [0.25, 0.3) is 0 Å². The summed E-state index contributed by atoms with van der Waals surface area (Å²) in [6.07, 6.45) is 0. The quantitative estimate of drug-likeness (QED) is 0.737. The third-order valence-corrected chi connectivity index (χ3v) is 2.53. The number of anilines is 1. The first kappa shape index (κ1) is 10.7. The summed E-state index contributed by atoms with van der Waals surface area (Å²) in [6, 6.07) is 4.50. The lowest BCUT2D eigenvalue weighted by Gasteiger charge is -2.34. The van der Waals surface area contributed by atoms with Gasteiger partial charge in [-0.3, -0.25) is 0 Å². The molecule has 16 heavy (non-hydrogen) atoms. The molecular weight excluding hydrogens is 213 g/mol. The molecule has 0 aliphatic carbocycles. The molecule has 1 aliphatic heterocycles. The first-order chi connectivity index (χ1) is 7.57. The SMILES string of the molecule is COC(=O)C1(C)COc2cccc(F)c2N1. The van der Waals surface area contributed by atoms with Crippen molar-refractivity contribution in [1.29, 1.82) is 0 Å². The molecule has 86 valence electrons. The summed E-state index contributed by atoms with van der Waals surface area (Å²) in [6.45, 7) is 1.71. The number of benzene rings is 1. The maximum absolute atomic E-state index is 13.5. The van der Waals surface area contributed by atoms with Crippen molar-refractivity contribution in [2.75, 3.05) is 19.0 Å². The zero-order valence-corrected chi connectivity index (χ0v) is 9.04. The van der Waals surface area contributed by atoms with Crippen LogP contribution in [0.2, 0.25) is 0 Å². The van der Waals surface area contributed by atoms with Crippen molar-refractivity contribution >= 4 is 11.7 Å². The number of hydrogen-bond donors (Lipinski definition) is 1. The fraction of sp³-hybridized carbons (Fsp3) is 0.364. The second kappa shape index (κ2) is 3.66. The number of halogens is 1. The Hall–Kier alpha value is -1.78. The third-order valence-electron chi connectivity index (χ3n) is 2.53. The number of fused-ring (bicyclic) bond motifs is 1. The summed E-state index contributed by atoms with van der Waals surface area (Å²) in [5.74, 6) is -0.532. The summed E-state index contributed by atoms with van der Waals surface area (Å²) in [5.41, 5.74) is -0.856. The Morgan fingerprint density at radius 2 is 2.38 bits per heavy atom. The van der Waals surface area contributed by atoms with E-state index < -0.39 is 17.3 Å². The van der Waals surface area contributed by atoms with Crippen LogP contribution >= 0.6 is 0 Å². The van der Waals surface area contributed by atoms with Gasteiger partial charge in [-0.2, -0.15) is 0 Å². The average Bonchev–Trinajstić information content (AvgIpc) is 2.29. The fourth-order valence-corrected chi connectivity index (χ4v) is 1.62. The predicted octanol–water partition coefficient (Wildman–Crippen LogP) is 1.56. The molecule has 1 aromatic rings. The molecule has 1 atom stereocenters. The predicted molar refractivity (Wildman–Crippen MR) is 55.9 cm³/mol. The van der Waals surface area contributed by atoms with Crippen molar-refractivity contribution in [3.05, 3.63) is 24.0 Å². The van der Waals surface area contributed by atoms with E-state index in [1.54, 1.807) is 19.1 Å². The second-order valence-electron chi connectivity index (χ2n) is 3.85. The van der Waals surface area contributed by atoms with Crippen molar-refractivity contribution in [2.45, 2.75) is 12.5 Å². The lowest BCUT2D eigenvalue weighted by atomic mass is 10.0. The minimum absolute atomic E-state index is 0.107. The number of hydrogen-bond acceptors (Lipinski definition) is 4. The van der Waals surface area contributed by atoms with E-state index in [1.807, 2.05) is 0 Å². The van der Waals surface area contributed by atoms with Crippen LogP contribution in [0.4, 0.5) is 10.1 Å². The van der Waals surface area contributed by atoms with Crippen molar-refractivity contribution in [3.63, 3.8) is 0 Å². The zero-order valence-electron chi connectivity index (χ0n) is 9.04. The Kier molecular flexibility index (Phi) is 2.46. The number of methoxy groups -OCH3 is 1. The van der Waals surface area contributed by atoms with Crippen LogP contribution in [0.1, 0.15) is 6.92 Å². The molecule has 1 unspecified atom stereocenters. The minimum Gasteiger partial charge on any atom is -0.488 e. The van der Waals surface area contributed by atoms with Gasteiger partial charge in [0.2, 0.25) is 0 Å². The molecule has 0 radical (unpaired) electrons. The average molecular weight is 225 g/mol. The van der Waals surface area contributed by atoms with Gasteiger partial charge in [0.15, 0.2) is 5.54 Å². The topological polar surface area (TPSA) is 47.6 Å². The molecular formula is C11H12FNO3. The molecule has 0 amide bonds. The van der Waals surface area contributed by atoms with E-state index in [2.05, 4.69) is 10.1 Å². The number of esters is 1. The van der Waals surface area contributed by atoms with Gasteiger partial charge in [-0.25, -0.2) is 9.18 Å². The van der Waals surface area contributed by atoms with Gasteiger partial charge in [-0.15, -0.1) is 0 Å². The maximum Gasteiger partial charge on any atom is 0.334 e. The van der Waals surface area contributed by atoms with Crippen molar-refractivity contribution in [3.8, 4) is 5.75 Å².